The Morgan fingerprint density at radius 3 is 2.76 bits per heavy atom. The van der Waals surface area contributed by atoms with E-state index in [1.54, 1.807) is 6.26 Å². The van der Waals surface area contributed by atoms with Gasteiger partial charge in [0.15, 0.2) is 0 Å². The molecule has 4 heteroatoms. The van der Waals surface area contributed by atoms with Gasteiger partial charge >= 0.3 is 0 Å². The van der Waals surface area contributed by atoms with Crippen molar-refractivity contribution < 1.29 is 4.42 Å². The molecular formula is C13H21N3O. The van der Waals surface area contributed by atoms with Crippen LogP contribution < -0.4 is 5.32 Å². The molecule has 1 aromatic rings. The quantitative estimate of drug-likeness (QED) is 0.844. The first-order chi connectivity index (χ1) is 8.34. The van der Waals surface area contributed by atoms with Gasteiger partial charge in [-0.25, -0.2) is 0 Å². The minimum atomic E-state index is 0.493. The fraction of sp³-hybridized carbons (Fsp3) is 0.692. The number of hydrogen-bond acceptors (Lipinski definition) is 4. The highest BCUT2D eigenvalue weighted by Gasteiger charge is 2.35. The first-order valence-electron chi connectivity index (χ1n) is 6.55. The zero-order valence-corrected chi connectivity index (χ0v) is 10.4. The zero-order valence-electron chi connectivity index (χ0n) is 10.4. The summed E-state index contributed by atoms with van der Waals surface area (Å²) in [5, 5.41) is 3.41. The third kappa shape index (κ3) is 2.25. The molecule has 2 fully saturated rings. The zero-order chi connectivity index (χ0) is 11.7. The van der Waals surface area contributed by atoms with Gasteiger partial charge in [-0.2, -0.15) is 0 Å². The lowest BCUT2D eigenvalue weighted by Crippen LogP contribution is -2.62. The van der Waals surface area contributed by atoms with Crippen LogP contribution in [0, 0.1) is 0 Å². The summed E-state index contributed by atoms with van der Waals surface area (Å²) in [6.07, 6.45) is 3.63. The van der Waals surface area contributed by atoms with E-state index in [0.717, 1.165) is 19.1 Å². The van der Waals surface area contributed by atoms with Crippen molar-refractivity contribution in [1.82, 2.24) is 15.1 Å². The summed E-state index contributed by atoms with van der Waals surface area (Å²) in [5.41, 5.74) is 1.30. The molecule has 0 aliphatic carbocycles. The number of piperazine rings is 1. The Bertz CT molecular complexity index is 340. The van der Waals surface area contributed by atoms with E-state index in [1.165, 1.54) is 31.7 Å². The van der Waals surface area contributed by atoms with Crippen molar-refractivity contribution in [3.63, 3.8) is 0 Å². The summed E-state index contributed by atoms with van der Waals surface area (Å²) in [6, 6.07) is 3.34. The number of likely N-dealkylation sites (tertiary alicyclic amines) is 1. The number of nitrogens with zero attached hydrogens (tertiary/aromatic N) is 2. The number of rotatable bonds is 3. The van der Waals surface area contributed by atoms with Gasteiger partial charge in [-0.3, -0.25) is 9.80 Å². The van der Waals surface area contributed by atoms with Gasteiger partial charge in [-0.15, -0.1) is 0 Å². The lowest BCUT2D eigenvalue weighted by molar-refractivity contribution is 0.00335. The van der Waals surface area contributed by atoms with E-state index in [2.05, 4.69) is 28.1 Å². The van der Waals surface area contributed by atoms with Crippen LogP contribution in [-0.4, -0.2) is 55.1 Å². The molecule has 1 unspecified atom stereocenters. The topological polar surface area (TPSA) is 31.7 Å². The van der Waals surface area contributed by atoms with Gasteiger partial charge in [0, 0.05) is 56.9 Å². The molecule has 17 heavy (non-hydrogen) atoms. The van der Waals surface area contributed by atoms with Crippen LogP contribution in [0.1, 0.15) is 18.5 Å². The summed E-state index contributed by atoms with van der Waals surface area (Å²) >= 11 is 0. The van der Waals surface area contributed by atoms with Crippen LogP contribution in [-0.2, 0) is 0 Å². The number of nitrogens with one attached hydrogen (secondary N) is 1. The van der Waals surface area contributed by atoms with Crippen LogP contribution in [0.5, 0.6) is 0 Å². The minimum Gasteiger partial charge on any atom is -0.472 e. The second-order valence-electron chi connectivity index (χ2n) is 5.13. The molecule has 2 saturated heterocycles. The van der Waals surface area contributed by atoms with Crippen LogP contribution >= 0.6 is 0 Å². The highest BCUT2D eigenvalue weighted by molar-refractivity contribution is 5.12. The largest absolute Gasteiger partial charge is 0.472 e. The van der Waals surface area contributed by atoms with E-state index < -0.39 is 0 Å². The van der Waals surface area contributed by atoms with Crippen molar-refractivity contribution in [3.8, 4) is 0 Å². The smallest absolute Gasteiger partial charge is 0.0950 e. The van der Waals surface area contributed by atoms with Gasteiger partial charge in [-0.1, -0.05) is 0 Å². The maximum Gasteiger partial charge on any atom is 0.0950 e. The van der Waals surface area contributed by atoms with E-state index >= 15 is 0 Å². The summed E-state index contributed by atoms with van der Waals surface area (Å²) in [4.78, 5) is 5.15. The number of hydrogen-bond donors (Lipinski definition) is 1. The van der Waals surface area contributed by atoms with Crippen molar-refractivity contribution in [2.45, 2.75) is 19.0 Å². The SMILES string of the molecule is CC(c1ccoc1)N1CC(N2CCNCC2)C1. The Morgan fingerprint density at radius 1 is 1.35 bits per heavy atom. The molecule has 0 aromatic carbocycles. The van der Waals surface area contributed by atoms with Gasteiger partial charge in [0.05, 0.1) is 12.5 Å². The van der Waals surface area contributed by atoms with Crippen LogP contribution in [0.3, 0.4) is 0 Å². The summed E-state index contributed by atoms with van der Waals surface area (Å²) in [6.45, 7) is 9.37. The predicted molar refractivity (Wildman–Crippen MR) is 66.9 cm³/mol. The van der Waals surface area contributed by atoms with Crippen molar-refractivity contribution in [2.24, 2.45) is 0 Å². The highest BCUT2D eigenvalue weighted by atomic mass is 16.3. The molecule has 3 heterocycles. The molecular weight excluding hydrogens is 214 g/mol. The van der Waals surface area contributed by atoms with E-state index in [1.807, 2.05) is 6.26 Å². The van der Waals surface area contributed by atoms with Gasteiger partial charge in [0.1, 0.15) is 0 Å². The Balaban J connectivity index is 1.50. The van der Waals surface area contributed by atoms with Crippen molar-refractivity contribution in [2.75, 3.05) is 39.3 Å². The van der Waals surface area contributed by atoms with Crippen LogP contribution in [0.2, 0.25) is 0 Å². The molecule has 1 atom stereocenters. The molecule has 0 spiro atoms. The molecule has 94 valence electrons. The lowest BCUT2D eigenvalue weighted by Gasteiger charge is -2.49. The standard InChI is InChI=1S/C13H21N3O/c1-11(12-2-7-17-10-12)16-8-13(9-16)15-5-3-14-4-6-15/h2,7,10-11,13-14H,3-6,8-9H2,1H3. The number of furan rings is 1. The van der Waals surface area contributed by atoms with Crippen molar-refractivity contribution in [1.29, 1.82) is 0 Å². The van der Waals surface area contributed by atoms with Gasteiger partial charge in [0.25, 0.3) is 0 Å². The average molecular weight is 235 g/mol. The molecule has 0 saturated carbocycles. The van der Waals surface area contributed by atoms with Crippen LogP contribution in [0.25, 0.3) is 0 Å². The van der Waals surface area contributed by atoms with E-state index in [9.17, 15) is 0 Å². The third-order valence-corrected chi connectivity index (χ3v) is 4.13. The molecule has 2 aliphatic rings. The first kappa shape index (κ1) is 11.3. The lowest BCUT2D eigenvalue weighted by atomic mass is 10.0. The summed E-state index contributed by atoms with van der Waals surface area (Å²) < 4.78 is 5.15. The molecule has 0 bridgehead atoms. The normalized spacial score (nSPS) is 25.7. The Hall–Kier alpha value is -0.840. The second kappa shape index (κ2) is 4.80. The highest BCUT2D eigenvalue weighted by Crippen LogP contribution is 2.27. The Kier molecular flexibility index (Phi) is 3.18. The summed E-state index contributed by atoms with van der Waals surface area (Å²) in [7, 11) is 0. The molecule has 0 radical (unpaired) electrons. The fourth-order valence-electron chi connectivity index (χ4n) is 2.81. The molecule has 1 N–H and O–H groups in total. The van der Waals surface area contributed by atoms with Gasteiger partial charge in [0.2, 0.25) is 0 Å². The molecule has 3 rings (SSSR count). The Morgan fingerprint density at radius 2 is 2.12 bits per heavy atom. The maximum absolute atomic E-state index is 5.15. The van der Waals surface area contributed by atoms with E-state index in [-0.39, 0.29) is 0 Å². The molecule has 1 aromatic heterocycles. The van der Waals surface area contributed by atoms with Crippen LogP contribution in [0.15, 0.2) is 23.0 Å². The fourth-order valence-corrected chi connectivity index (χ4v) is 2.81. The molecule has 0 amide bonds. The first-order valence-corrected chi connectivity index (χ1v) is 6.55. The predicted octanol–water partition coefficient (Wildman–Crippen LogP) is 0.930. The van der Waals surface area contributed by atoms with E-state index in [0.29, 0.717) is 6.04 Å². The second-order valence-corrected chi connectivity index (χ2v) is 5.13. The maximum atomic E-state index is 5.15. The van der Waals surface area contributed by atoms with Gasteiger partial charge < -0.3 is 9.73 Å². The van der Waals surface area contributed by atoms with E-state index in [4.69, 9.17) is 4.42 Å². The van der Waals surface area contributed by atoms with Crippen molar-refractivity contribution >= 4 is 0 Å². The average Bonchev–Trinajstić information content (AvgIpc) is 2.81. The molecule has 2 aliphatic heterocycles. The minimum absolute atomic E-state index is 0.493. The van der Waals surface area contributed by atoms with Crippen molar-refractivity contribution in [3.05, 3.63) is 24.2 Å². The summed E-state index contributed by atoms with van der Waals surface area (Å²) in [5.74, 6) is 0. The third-order valence-electron chi connectivity index (χ3n) is 4.13. The molecule has 4 nitrogen and oxygen atoms in total. The Labute approximate surface area is 103 Å². The monoisotopic (exact) mass is 235 g/mol. The van der Waals surface area contributed by atoms with Gasteiger partial charge in [-0.05, 0) is 13.0 Å². The van der Waals surface area contributed by atoms with Crippen LogP contribution in [0.4, 0.5) is 0 Å².